The molecule has 2 heterocycles. The van der Waals surface area contributed by atoms with Gasteiger partial charge in [0, 0.05) is 47.1 Å². The first kappa shape index (κ1) is 25.9. The van der Waals surface area contributed by atoms with Crippen molar-refractivity contribution < 1.29 is 18.5 Å². The van der Waals surface area contributed by atoms with Crippen molar-refractivity contribution in [1.29, 1.82) is 0 Å². The zero-order valence-corrected chi connectivity index (χ0v) is 23.4. The molecule has 2 aromatic carbocycles. The Morgan fingerprint density at radius 3 is 2.79 bits per heavy atom. The van der Waals surface area contributed by atoms with Crippen LogP contribution in [-0.4, -0.2) is 42.2 Å². The van der Waals surface area contributed by atoms with Crippen molar-refractivity contribution in [2.45, 2.75) is 51.2 Å². The van der Waals surface area contributed by atoms with Gasteiger partial charge in [0.15, 0.2) is 0 Å². The molecule has 8 heteroatoms. The predicted molar refractivity (Wildman–Crippen MR) is 152 cm³/mol. The van der Waals surface area contributed by atoms with Crippen molar-refractivity contribution in [3.05, 3.63) is 69.8 Å². The average molecular weight is 555 g/mol. The highest BCUT2D eigenvalue weighted by atomic mass is 35.5. The Balaban J connectivity index is 1.46. The molecule has 2 aliphatic carbocycles. The van der Waals surface area contributed by atoms with E-state index in [-0.39, 0.29) is 12.0 Å². The fraction of sp³-hybridized carbons (Fsp3) is 0.500. The van der Waals surface area contributed by atoms with Crippen LogP contribution in [0, 0.1) is 17.8 Å². The minimum absolute atomic E-state index is 0.0200. The van der Waals surface area contributed by atoms with Gasteiger partial charge in [-0.25, -0.2) is 0 Å². The molecule has 1 fully saturated rings. The van der Waals surface area contributed by atoms with Crippen LogP contribution in [0.2, 0.25) is 5.02 Å². The van der Waals surface area contributed by atoms with Gasteiger partial charge in [-0.2, -0.15) is 4.36 Å². The molecule has 6 rings (SSSR count). The highest BCUT2D eigenvalue weighted by molar-refractivity contribution is 7.75. The highest BCUT2D eigenvalue weighted by Gasteiger charge is 2.43. The fourth-order valence-electron chi connectivity index (χ4n) is 6.45. The Morgan fingerprint density at radius 2 is 2.03 bits per heavy atom. The van der Waals surface area contributed by atoms with E-state index >= 15 is 0 Å². The summed E-state index contributed by atoms with van der Waals surface area (Å²) in [5, 5.41) is 0.755. The Bertz CT molecular complexity index is 1350. The summed E-state index contributed by atoms with van der Waals surface area (Å²) in [5.74, 6) is 1.77. The van der Waals surface area contributed by atoms with Crippen LogP contribution in [0.5, 0.6) is 5.75 Å². The summed E-state index contributed by atoms with van der Waals surface area (Å²) in [6, 6.07) is 11.7. The molecule has 2 bridgehead atoms. The Labute approximate surface area is 231 Å². The molecule has 4 aliphatic rings. The molecule has 202 valence electrons. The molecule has 0 saturated heterocycles. The van der Waals surface area contributed by atoms with E-state index in [0.29, 0.717) is 36.3 Å². The van der Waals surface area contributed by atoms with E-state index in [2.05, 4.69) is 27.5 Å². The number of carbonyl (C=O) groups is 1. The number of hydrogen-bond donors (Lipinski definition) is 1. The van der Waals surface area contributed by atoms with Gasteiger partial charge in [0.05, 0.1) is 18.4 Å². The summed E-state index contributed by atoms with van der Waals surface area (Å²) in [6.45, 7) is 2.13. The number of methoxy groups -OCH3 is 1. The van der Waals surface area contributed by atoms with Gasteiger partial charge in [0.1, 0.15) is 5.75 Å². The predicted octanol–water partition coefficient (Wildman–Crippen LogP) is 5.87. The molecule has 6 nitrogen and oxygen atoms in total. The summed E-state index contributed by atoms with van der Waals surface area (Å²) >= 11 is 6.40. The third kappa shape index (κ3) is 5.13. The number of fused-ring (bicyclic) bond motifs is 4. The highest BCUT2D eigenvalue weighted by Crippen LogP contribution is 2.46. The SMILES string of the molecule is CO[C@H]1C2=CC[C@@H]2C/[SH](=O)=N\C(=O)c2ccc3c(c2)N(Cc2ccc(Cl)cc2CCCCO3)C[C@@H]2CC[C@H]21. The summed E-state index contributed by atoms with van der Waals surface area (Å²) < 4.78 is 29.4. The minimum Gasteiger partial charge on any atom is -0.491 e. The van der Waals surface area contributed by atoms with E-state index in [9.17, 15) is 9.00 Å². The summed E-state index contributed by atoms with van der Waals surface area (Å²) in [5.41, 5.74) is 5.09. The van der Waals surface area contributed by atoms with Gasteiger partial charge >= 0.3 is 0 Å². The number of hydrogen-bond acceptors (Lipinski definition) is 5. The first-order valence-corrected chi connectivity index (χ1v) is 15.5. The van der Waals surface area contributed by atoms with Crippen molar-refractivity contribution >= 4 is 33.8 Å². The number of rotatable bonds is 1. The van der Waals surface area contributed by atoms with E-state index in [1.807, 2.05) is 18.2 Å². The van der Waals surface area contributed by atoms with Crippen LogP contribution in [-0.2, 0) is 28.3 Å². The van der Waals surface area contributed by atoms with E-state index in [1.165, 1.54) is 16.7 Å². The van der Waals surface area contributed by atoms with Gasteiger partial charge in [-0.3, -0.25) is 9.00 Å². The number of carbonyl (C=O) groups excluding carboxylic acids is 1. The van der Waals surface area contributed by atoms with Crippen LogP contribution >= 0.6 is 11.6 Å². The first-order chi connectivity index (χ1) is 18.5. The second kappa shape index (κ2) is 11.0. The molecule has 0 radical (unpaired) electrons. The second-order valence-electron chi connectivity index (χ2n) is 11.0. The van der Waals surface area contributed by atoms with E-state index in [4.69, 9.17) is 21.1 Å². The van der Waals surface area contributed by atoms with Gasteiger partial charge < -0.3 is 14.4 Å². The molecule has 1 saturated carbocycles. The quantitative estimate of drug-likeness (QED) is 0.353. The van der Waals surface area contributed by atoms with Gasteiger partial charge in [-0.05, 0) is 103 Å². The molecule has 5 atom stereocenters. The molecular weight excluding hydrogens is 520 g/mol. The first-order valence-electron chi connectivity index (χ1n) is 13.7. The maximum absolute atomic E-state index is 13.1. The number of anilines is 1. The number of halogens is 1. The number of benzene rings is 2. The lowest BCUT2D eigenvalue weighted by atomic mass is 9.65. The lowest BCUT2D eigenvalue weighted by molar-refractivity contribution is -0.00130. The normalized spacial score (nSPS) is 29.7. The van der Waals surface area contributed by atoms with Gasteiger partial charge in [0.25, 0.3) is 5.91 Å². The second-order valence-corrected chi connectivity index (χ2v) is 12.7. The van der Waals surface area contributed by atoms with E-state index in [0.717, 1.165) is 61.5 Å². The summed E-state index contributed by atoms with van der Waals surface area (Å²) in [6.07, 6.45) is 8.26. The zero-order chi connectivity index (χ0) is 26.2. The molecule has 0 spiro atoms. The minimum atomic E-state index is -2.00. The molecule has 2 aliphatic heterocycles. The summed E-state index contributed by atoms with van der Waals surface area (Å²) in [4.78, 5) is 15.5. The van der Waals surface area contributed by atoms with Gasteiger partial charge in [-0.15, -0.1) is 0 Å². The van der Waals surface area contributed by atoms with Crippen molar-refractivity contribution in [3.8, 4) is 5.75 Å². The Hall–Kier alpha value is -2.35. The van der Waals surface area contributed by atoms with Gasteiger partial charge in [0.2, 0.25) is 0 Å². The van der Waals surface area contributed by atoms with Crippen LogP contribution < -0.4 is 9.64 Å². The van der Waals surface area contributed by atoms with Crippen LogP contribution in [0.15, 0.2) is 52.4 Å². The number of amides is 1. The topological polar surface area (TPSA) is 68.2 Å². The van der Waals surface area contributed by atoms with Crippen molar-refractivity contribution in [1.82, 2.24) is 0 Å². The number of ether oxygens (including phenoxy) is 2. The van der Waals surface area contributed by atoms with Crippen molar-refractivity contribution in [3.63, 3.8) is 0 Å². The monoisotopic (exact) mass is 554 g/mol. The van der Waals surface area contributed by atoms with Crippen LogP contribution in [0.3, 0.4) is 0 Å². The number of aryl methyl sites for hydroxylation is 1. The lowest BCUT2D eigenvalue weighted by Crippen LogP contribution is -2.46. The van der Waals surface area contributed by atoms with Crippen LogP contribution in [0.1, 0.15) is 53.6 Å². The van der Waals surface area contributed by atoms with Crippen LogP contribution in [0.25, 0.3) is 0 Å². The fourth-order valence-corrected chi connectivity index (χ4v) is 7.78. The maximum Gasteiger partial charge on any atom is 0.284 e. The van der Waals surface area contributed by atoms with E-state index < -0.39 is 16.5 Å². The molecule has 0 aromatic heterocycles. The van der Waals surface area contributed by atoms with Crippen molar-refractivity contribution in [2.75, 3.05) is 30.9 Å². The number of nitrogens with zero attached hydrogens (tertiary/aromatic N) is 2. The number of allylic oxidation sites excluding steroid dienone is 1. The standard InChI is InChI=1S/C30H35ClN2O4S/c1-36-29-25-10-6-22(25)17-33-16-21-5-9-24(31)14-19(21)4-2-3-13-37-28-12-8-20(15-27(28)33)30(34)32-38(35)18-23-7-11-26(23)29/h5,8-9,11-12,14-15,22-23,25,29,38H,2-4,6-7,10,13,16-18H2,1H3/t22-,23+,25+,29+/m0/s1. The largest absolute Gasteiger partial charge is 0.491 e. The Morgan fingerprint density at radius 1 is 1.13 bits per heavy atom. The molecular formula is C30H35ClN2O4S. The lowest BCUT2D eigenvalue weighted by Gasteiger charge is -2.47. The number of thiol groups is 1. The Kier molecular flexibility index (Phi) is 7.52. The molecule has 0 N–H and O–H groups in total. The van der Waals surface area contributed by atoms with Gasteiger partial charge in [-0.1, -0.05) is 23.7 Å². The average Bonchev–Trinajstić information content (AvgIpc) is 2.91. The molecule has 1 unspecified atom stereocenters. The van der Waals surface area contributed by atoms with Crippen LogP contribution in [0.4, 0.5) is 5.69 Å². The van der Waals surface area contributed by atoms with Crippen molar-refractivity contribution in [2.24, 2.45) is 22.1 Å². The molecule has 1 amide bonds. The third-order valence-electron chi connectivity index (χ3n) is 8.77. The molecule has 38 heavy (non-hydrogen) atoms. The van der Waals surface area contributed by atoms with E-state index in [1.54, 1.807) is 13.2 Å². The third-order valence-corrected chi connectivity index (χ3v) is 10.2. The molecule has 2 aromatic rings. The maximum atomic E-state index is 13.1. The summed E-state index contributed by atoms with van der Waals surface area (Å²) in [7, 11) is -0.210. The smallest absolute Gasteiger partial charge is 0.284 e. The zero-order valence-electron chi connectivity index (χ0n) is 21.8.